The summed E-state index contributed by atoms with van der Waals surface area (Å²) in [5.74, 6) is 0.996. The number of anilines is 1. The van der Waals surface area contributed by atoms with Gasteiger partial charge in [-0.1, -0.05) is 12.1 Å². The van der Waals surface area contributed by atoms with E-state index in [1.807, 2.05) is 30.5 Å². The minimum Gasteiger partial charge on any atom is -0.369 e. The molecule has 4 heteroatoms. The van der Waals surface area contributed by atoms with Gasteiger partial charge in [-0.05, 0) is 46.5 Å². The van der Waals surface area contributed by atoms with Crippen molar-refractivity contribution in [3.8, 4) is 6.07 Å². The van der Waals surface area contributed by atoms with E-state index in [-0.39, 0.29) is 6.04 Å². The summed E-state index contributed by atoms with van der Waals surface area (Å²) < 4.78 is 0.995. The van der Waals surface area contributed by atoms with Crippen molar-refractivity contribution >= 4 is 33.4 Å². The summed E-state index contributed by atoms with van der Waals surface area (Å²) in [6.45, 7) is 0. The van der Waals surface area contributed by atoms with Gasteiger partial charge in [-0.3, -0.25) is 0 Å². The molecule has 0 amide bonds. The Kier molecular flexibility index (Phi) is 5.59. The van der Waals surface area contributed by atoms with Gasteiger partial charge in [-0.2, -0.15) is 17.0 Å². The standard InChI is InChI=1S/C11H13BrN2S/c1-15-7-6-9(8-13)14-11-5-3-2-4-10(11)12/h2-5,9,14H,6-7H2,1H3. The van der Waals surface area contributed by atoms with E-state index >= 15 is 0 Å². The third-order valence-electron chi connectivity index (χ3n) is 1.97. The highest BCUT2D eigenvalue weighted by Gasteiger charge is 2.07. The Morgan fingerprint density at radius 1 is 1.53 bits per heavy atom. The van der Waals surface area contributed by atoms with Crippen LogP contribution < -0.4 is 5.32 Å². The molecule has 1 aromatic carbocycles. The largest absolute Gasteiger partial charge is 0.369 e. The van der Waals surface area contributed by atoms with Crippen molar-refractivity contribution in [1.29, 1.82) is 5.26 Å². The minimum absolute atomic E-state index is 0.115. The molecule has 15 heavy (non-hydrogen) atoms. The fraction of sp³-hybridized carbons (Fsp3) is 0.364. The van der Waals surface area contributed by atoms with Crippen molar-refractivity contribution in [2.45, 2.75) is 12.5 Å². The molecule has 2 nitrogen and oxygen atoms in total. The average molecular weight is 285 g/mol. The number of hydrogen-bond acceptors (Lipinski definition) is 3. The molecule has 0 aliphatic heterocycles. The maximum absolute atomic E-state index is 8.97. The first kappa shape index (κ1) is 12.4. The molecule has 0 aliphatic rings. The Balaban J connectivity index is 2.60. The van der Waals surface area contributed by atoms with Crippen molar-refractivity contribution < 1.29 is 0 Å². The Hall–Kier alpha value is -0.660. The molecule has 0 saturated carbocycles. The number of rotatable bonds is 5. The summed E-state index contributed by atoms with van der Waals surface area (Å²) in [6, 6.07) is 9.99. The average Bonchev–Trinajstić information content (AvgIpc) is 2.26. The molecular weight excluding hydrogens is 272 g/mol. The van der Waals surface area contributed by atoms with E-state index in [0.29, 0.717) is 0 Å². The van der Waals surface area contributed by atoms with Gasteiger partial charge in [0.05, 0.1) is 6.07 Å². The Morgan fingerprint density at radius 3 is 2.87 bits per heavy atom. The highest BCUT2D eigenvalue weighted by molar-refractivity contribution is 9.10. The molecule has 1 atom stereocenters. The van der Waals surface area contributed by atoms with E-state index < -0.39 is 0 Å². The lowest BCUT2D eigenvalue weighted by molar-refractivity contribution is 0.854. The Morgan fingerprint density at radius 2 is 2.27 bits per heavy atom. The molecule has 0 heterocycles. The molecule has 0 spiro atoms. The van der Waals surface area contributed by atoms with E-state index in [2.05, 4.69) is 27.3 Å². The van der Waals surface area contributed by atoms with Crippen LogP contribution in [0.4, 0.5) is 5.69 Å². The molecular formula is C11H13BrN2S. The topological polar surface area (TPSA) is 35.8 Å². The zero-order chi connectivity index (χ0) is 11.1. The minimum atomic E-state index is -0.115. The monoisotopic (exact) mass is 284 g/mol. The molecule has 0 fully saturated rings. The van der Waals surface area contributed by atoms with Crippen LogP contribution in [0.1, 0.15) is 6.42 Å². The maximum atomic E-state index is 8.97. The van der Waals surface area contributed by atoms with Gasteiger partial charge >= 0.3 is 0 Å². The fourth-order valence-electron chi connectivity index (χ4n) is 1.17. The van der Waals surface area contributed by atoms with Crippen molar-refractivity contribution in [2.24, 2.45) is 0 Å². The smallest absolute Gasteiger partial charge is 0.115 e. The molecule has 80 valence electrons. The first-order chi connectivity index (χ1) is 7.27. The van der Waals surface area contributed by atoms with Gasteiger partial charge in [0.1, 0.15) is 6.04 Å². The summed E-state index contributed by atoms with van der Waals surface area (Å²) in [5.41, 5.74) is 0.977. The molecule has 0 aliphatic carbocycles. The summed E-state index contributed by atoms with van der Waals surface area (Å²) in [5, 5.41) is 12.2. The molecule has 1 N–H and O–H groups in total. The lowest BCUT2D eigenvalue weighted by Gasteiger charge is -2.13. The highest BCUT2D eigenvalue weighted by atomic mass is 79.9. The van der Waals surface area contributed by atoms with E-state index in [1.165, 1.54) is 0 Å². The molecule has 1 unspecified atom stereocenters. The maximum Gasteiger partial charge on any atom is 0.115 e. The summed E-state index contributed by atoms with van der Waals surface area (Å²) in [4.78, 5) is 0. The first-order valence-electron chi connectivity index (χ1n) is 4.67. The third kappa shape index (κ3) is 4.15. The highest BCUT2D eigenvalue weighted by Crippen LogP contribution is 2.22. The summed E-state index contributed by atoms with van der Waals surface area (Å²) in [7, 11) is 0. The van der Waals surface area contributed by atoms with Crippen molar-refractivity contribution in [1.82, 2.24) is 0 Å². The van der Waals surface area contributed by atoms with Crippen LogP contribution in [-0.2, 0) is 0 Å². The van der Waals surface area contributed by atoms with E-state index in [9.17, 15) is 0 Å². The fourth-order valence-corrected chi connectivity index (χ4v) is 2.04. The van der Waals surface area contributed by atoms with Crippen molar-refractivity contribution in [3.63, 3.8) is 0 Å². The summed E-state index contributed by atoms with van der Waals surface area (Å²) >= 11 is 5.20. The SMILES string of the molecule is CSCCC(C#N)Nc1ccccc1Br. The molecule has 0 aromatic heterocycles. The van der Waals surface area contributed by atoms with E-state index in [4.69, 9.17) is 5.26 Å². The second-order valence-corrected chi connectivity index (χ2v) is 4.93. The zero-order valence-corrected chi connectivity index (χ0v) is 10.9. The van der Waals surface area contributed by atoms with Crippen LogP contribution in [0.3, 0.4) is 0 Å². The normalized spacial score (nSPS) is 11.8. The van der Waals surface area contributed by atoms with Crippen LogP contribution in [-0.4, -0.2) is 18.1 Å². The Bertz CT molecular complexity index is 349. The lowest BCUT2D eigenvalue weighted by Crippen LogP contribution is -2.18. The van der Waals surface area contributed by atoms with Crippen molar-refractivity contribution in [3.05, 3.63) is 28.7 Å². The number of nitrogens with zero attached hydrogens (tertiary/aromatic N) is 1. The predicted octanol–water partition coefficient (Wildman–Crippen LogP) is 3.51. The molecule has 0 saturated heterocycles. The van der Waals surface area contributed by atoms with Crippen LogP contribution in [0.2, 0.25) is 0 Å². The molecule has 0 bridgehead atoms. The number of benzene rings is 1. The zero-order valence-electron chi connectivity index (χ0n) is 8.53. The second-order valence-electron chi connectivity index (χ2n) is 3.09. The number of nitriles is 1. The number of nitrogens with one attached hydrogen (secondary N) is 1. The van der Waals surface area contributed by atoms with Gasteiger partial charge in [-0.15, -0.1) is 0 Å². The van der Waals surface area contributed by atoms with Gasteiger partial charge in [0.2, 0.25) is 0 Å². The number of para-hydroxylation sites is 1. The first-order valence-corrected chi connectivity index (χ1v) is 6.86. The number of thioether (sulfide) groups is 1. The Labute approximate surface area is 103 Å². The molecule has 1 rings (SSSR count). The number of hydrogen-bond donors (Lipinski definition) is 1. The third-order valence-corrected chi connectivity index (χ3v) is 3.31. The van der Waals surface area contributed by atoms with Crippen molar-refractivity contribution in [2.75, 3.05) is 17.3 Å². The van der Waals surface area contributed by atoms with E-state index in [1.54, 1.807) is 11.8 Å². The van der Waals surface area contributed by atoms with Gasteiger partial charge < -0.3 is 5.32 Å². The quantitative estimate of drug-likeness (QED) is 0.899. The van der Waals surface area contributed by atoms with Gasteiger partial charge in [0.15, 0.2) is 0 Å². The van der Waals surface area contributed by atoms with E-state index in [0.717, 1.165) is 22.3 Å². The van der Waals surface area contributed by atoms with Crippen LogP contribution >= 0.6 is 27.7 Å². The van der Waals surface area contributed by atoms with Crippen LogP contribution in [0, 0.1) is 11.3 Å². The van der Waals surface area contributed by atoms with Crippen LogP contribution in [0.5, 0.6) is 0 Å². The number of halogens is 1. The second kappa shape index (κ2) is 6.76. The van der Waals surface area contributed by atoms with Gasteiger partial charge in [-0.25, -0.2) is 0 Å². The molecule has 1 aromatic rings. The predicted molar refractivity (Wildman–Crippen MR) is 70.2 cm³/mol. The lowest BCUT2D eigenvalue weighted by atomic mass is 10.2. The van der Waals surface area contributed by atoms with Gasteiger partial charge in [0, 0.05) is 10.2 Å². The summed E-state index contributed by atoms with van der Waals surface area (Å²) in [6.07, 6.45) is 2.91. The van der Waals surface area contributed by atoms with Crippen LogP contribution in [0.15, 0.2) is 28.7 Å². The molecule has 0 radical (unpaired) electrons. The van der Waals surface area contributed by atoms with Gasteiger partial charge in [0.25, 0.3) is 0 Å². The van der Waals surface area contributed by atoms with Crippen LogP contribution in [0.25, 0.3) is 0 Å².